The fourth-order valence-electron chi connectivity index (χ4n) is 3.57. The standard InChI is InChI=1S/C18H14ClF4N3O/c19-14-7-6-11(10-13(14)18(21,22)23)26-16(12-4-1-2-5-15(12)20)24-8-3-9-25(24)17(26)27/h1-2,4-7,10,16H,3,8-9H2/t16-/m1/s1. The Morgan fingerprint density at radius 3 is 2.52 bits per heavy atom. The molecule has 27 heavy (non-hydrogen) atoms. The zero-order valence-corrected chi connectivity index (χ0v) is 14.6. The van der Waals surface area contributed by atoms with E-state index >= 15 is 0 Å². The SMILES string of the molecule is O=C1N(c2ccc(Cl)c(C(F)(F)F)c2)[C@H](c2ccccc2F)N2CCCN12. The molecule has 9 heteroatoms. The quantitative estimate of drug-likeness (QED) is 0.660. The van der Waals surface area contributed by atoms with Crippen LogP contribution in [-0.2, 0) is 6.18 Å². The van der Waals surface area contributed by atoms with E-state index in [-0.39, 0.29) is 11.3 Å². The summed E-state index contributed by atoms with van der Waals surface area (Å²) in [6, 6.07) is 8.72. The van der Waals surface area contributed by atoms with Crippen molar-refractivity contribution in [2.24, 2.45) is 0 Å². The van der Waals surface area contributed by atoms with E-state index in [4.69, 9.17) is 11.6 Å². The van der Waals surface area contributed by atoms with Crippen LogP contribution in [0.1, 0.15) is 23.7 Å². The number of halogens is 5. The molecule has 0 bridgehead atoms. The van der Waals surface area contributed by atoms with Crippen LogP contribution in [0.3, 0.4) is 0 Å². The third-order valence-corrected chi connectivity index (χ3v) is 5.07. The van der Waals surface area contributed by atoms with Crippen LogP contribution in [-0.4, -0.2) is 29.1 Å². The van der Waals surface area contributed by atoms with Crippen molar-refractivity contribution in [3.05, 3.63) is 64.4 Å². The maximum Gasteiger partial charge on any atom is 0.417 e. The fourth-order valence-corrected chi connectivity index (χ4v) is 3.79. The molecule has 2 aromatic carbocycles. The highest BCUT2D eigenvalue weighted by Gasteiger charge is 2.49. The van der Waals surface area contributed by atoms with E-state index in [2.05, 4.69) is 0 Å². The van der Waals surface area contributed by atoms with Crippen molar-refractivity contribution in [3.8, 4) is 0 Å². The molecule has 2 amide bonds. The van der Waals surface area contributed by atoms with Crippen molar-refractivity contribution >= 4 is 23.3 Å². The van der Waals surface area contributed by atoms with Gasteiger partial charge in [-0.15, -0.1) is 0 Å². The summed E-state index contributed by atoms with van der Waals surface area (Å²) >= 11 is 5.69. The van der Waals surface area contributed by atoms with Crippen LogP contribution in [0.2, 0.25) is 5.02 Å². The molecule has 0 aliphatic carbocycles. The molecule has 4 rings (SSSR count). The lowest BCUT2D eigenvalue weighted by molar-refractivity contribution is -0.137. The van der Waals surface area contributed by atoms with Gasteiger partial charge in [0, 0.05) is 24.3 Å². The van der Waals surface area contributed by atoms with Crippen molar-refractivity contribution < 1.29 is 22.4 Å². The number of fused-ring (bicyclic) bond motifs is 1. The third kappa shape index (κ3) is 2.93. The Kier molecular flexibility index (Phi) is 4.27. The summed E-state index contributed by atoms with van der Waals surface area (Å²) in [5.74, 6) is -0.529. The van der Waals surface area contributed by atoms with Crippen LogP contribution in [0, 0.1) is 5.82 Å². The zero-order chi connectivity index (χ0) is 19.3. The van der Waals surface area contributed by atoms with Gasteiger partial charge in [0.25, 0.3) is 0 Å². The molecule has 0 N–H and O–H groups in total. The number of rotatable bonds is 2. The van der Waals surface area contributed by atoms with Gasteiger partial charge in [-0.2, -0.15) is 18.2 Å². The number of hydrazine groups is 1. The maximum absolute atomic E-state index is 14.5. The smallest absolute Gasteiger partial charge is 0.271 e. The van der Waals surface area contributed by atoms with E-state index in [1.54, 1.807) is 11.1 Å². The topological polar surface area (TPSA) is 26.8 Å². The minimum absolute atomic E-state index is 0.0133. The van der Waals surface area contributed by atoms with Crippen LogP contribution in [0.5, 0.6) is 0 Å². The molecule has 2 fully saturated rings. The highest BCUT2D eigenvalue weighted by atomic mass is 35.5. The number of urea groups is 1. The lowest BCUT2D eigenvalue weighted by Gasteiger charge is -2.28. The number of carbonyl (C=O) groups is 1. The summed E-state index contributed by atoms with van der Waals surface area (Å²) in [5.41, 5.74) is -0.804. The van der Waals surface area contributed by atoms with Gasteiger partial charge < -0.3 is 0 Å². The van der Waals surface area contributed by atoms with Crippen LogP contribution in [0.4, 0.5) is 28.0 Å². The number of hydrogen-bond acceptors (Lipinski definition) is 2. The summed E-state index contributed by atoms with van der Waals surface area (Å²) in [6.07, 6.45) is -4.82. The van der Waals surface area contributed by atoms with E-state index in [0.717, 1.165) is 12.1 Å². The van der Waals surface area contributed by atoms with Gasteiger partial charge in [-0.05, 0) is 30.7 Å². The molecule has 2 aromatic rings. The Balaban J connectivity index is 1.85. The predicted molar refractivity (Wildman–Crippen MR) is 91.5 cm³/mol. The highest BCUT2D eigenvalue weighted by molar-refractivity contribution is 6.31. The summed E-state index contributed by atoms with van der Waals surface area (Å²) in [6.45, 7) is 0.932. The summed E-state index contributed by atoms with van der Waals surface area (Å²) < 4.78 is 54.2. The Labute approximate surface area is 157 Å². The summed E-state index contributed by atoms with van der Waals surface area (Å²) in [4.78, 5) is 14.1. The Hall–Kier alpha value is -2.32. The van der Waals surface area contributed by atoms with Gasteiger partial charge in [0.05, 0.1) is 10.6 Å². The van der Waals surface area contributed by atoms with Crippen molar-refractivity contribution in [3.63, 3.8) is 0 Å². The van der Waals surface area contributed by atoms with Gasteiger partial charge in [0.1, 0.15) is 12.0 Å². The monoisotopic (exact) mass is 399 g/mol. The number of benzene rings is 2. The number of amides is 2. The van der Waals surface area contributed by atoms with Crippen molar-refractivity contribution in [2.75, 3.05) is 18.0 Å². The van der Waals surface area contributed by atoms with Gasteiger partial charge in [-0.1, -0.05) is 29.8 Å². The van der Waals surface area contributed by atoms with Crippen LogP contribution in [0.25, 0.3) is 0 Å². The molecular formula is C18H14ClF4N3O. The van der Waals surface area contributed by atoms with Gasteiger partial charge >= 0.3 is 12.2 Å². The summed E-state index contributed by atoms with van der Waals surface area (Å²) in [7, 11) is 0. The molecule has 2 aliphatic rings. The second-order valence-electron chi connectivity index (χ2n) is 6.35. The number of alkyl halides is 3. The first kappa shape index (κ1) is 18.1. The van der Waals surface area contributed by atoms with E-state index in [1.165, 1.54) is 34.2 Å². The van der Waals surface area contributed by atoms with Gasteiger partial charge in [0.15, 0.2) is 0 Å². The van der Waals surface area contributed by atoms with Gasteiger partial charge in [-0.3, -0.25) is 9.91 Å². The van der Waals surface area contributed by atoms with Crippen LogP contribution < -0.4 is 4.90 Å². The second-order valence-corrected chi connectivity index (χ2v) is 6.76. The van der Waals surface area contributed by atoms with Crippen molar-refractivity contribution in [1.29, 1.82) is 0 Å². The molecule has 4 nitrogen and oxygen atoms in total. The predicted octanol–water partition coefficient (Wildman–Crippen LogP) is 5.06. The zero-order valence-electron chi connectivity index (χ0n) is 13.9. The minimum atomic E-state index is -4.67. The first-order valence-corrected chi connectivity index (χ1v) is 8.65. The molecule has 142 valence electrons. The van der Waals surface area contributed by atoms with E-state index in [9.17, 15) is 22.4 Å². The lowest BCUT2D eigenvalue weighted by atomic mass is 10.1. The van der Waals surface area contributed by atoms with E-state index in [1.807, 2.05) is 0 Å². The lowest BCUT2D eigenvalue weighted by Crippen LogP contribution is -2.32. The van der Waals surface area contributed by atoms with Crippen molar-refractivity contribution in [2.45, 2.75) is 18.8 Å². The normalized spacial score (nSPS) is 20.5. The largest absolute Gasteiger partial charge is 0.417 e. The minimum Gasteiger partial charge on any atom is -0.271 e. The van der Waals surface area contributed by atoms with E-state index in [0.29, 0.717) is 19.5 Å². The number of hydrogen-bond donors (Lipinski definition) is 0. The average Bonchev–Trinajstić information content (AvgIpc) is 3.18. The van der Waals surface area contributed by atoms with Gasteiger partial charge in [0.2, 0.25) is 0 Å². The first-order valence-electron chi connectivity index (χ1n) is 8.27. The molecule has 2 aliphatic heterocycles. The third-order valence-electron chi connectivity index (χ3n) is 4.74. The average molecular weight is 400 g/mol. The number of carbonyl (C=O) groups excluding carboxylic acids is 1. The van der Waals surface area contributed by atoms with Gasteiger partial charge in [-0.25, -0.2) is 9.18 Å². The number of nitrogens with zero attached hydrogens (tertiary/aromatic N) is 3. The summed E-state index contributed by atoms with van der Waals surface area (Å²) in [5, 5.41) is 2.67. The van der Waals surface area contributed by atoms with E-state index < -0.39 is 34.8 Å². The molecule has 0 aromatic heterocycles. The first-order chi connectivity index (χ1) is 12.8. The molecule has 0 radical (unpaired) electrons. The highest BCUT2D eigenvalue weighted by Crippen LogP contribution is 2.43. The fraction of sp³-hybridized carbons (Fsp3) is 0.278. The molecule has 0 saturated carbocycles. The van der Waals surface area contributed by atoms with Crippen LogP contribution in [0.15, 0.2) is 42.5 Å². The Morgan fingerprint density at radius 1 is 1.07 bits per heavy atom. The Morgan fingerprint density at radius 2 is 1.81 bits per heavy atom. The molecule has 2 heterocycles. The van der Waals surface area contributed by atoms with Crippen LogP contribution >= 0.6 is 11.6 Å². The molecule has 0 spiro atoms. The molecule has 1 atom stereocenters. The molecule has 2 saturated heterocycles. The molecule has 0 unspecified atom stereocenters. The Bertz CT molecular complexity index is 904. The maximum atomic E-state index is 14.5. The molecular weight excluding hydrogens is 386 g/mol. The second kappa shape index (κ2) is 6.38. The van der Waals surface area contributed by atoms with Crippen molar-refractivity contribution in [1.82, 2.24) is 10.0 Å². The number of anilines is 1.